The minimum absolute atomic E-state index is 0.289. The molecule has 0 aliphatic carbocycles. The van der Waals surface area contributed by atoms with E-state index in [1.165, 1.54) is 0 Å². The van der Waals surface area contributed by atoms with Gasteiger partial charge in [0.1, 0.15) is 11.6 Å². The van der Waals surface area contributed by atoms with Gasteiger partial charge >= 0.3 is 5.69 Å². The summed E-state index contributed by atoms with van der Waals surface area (Å²) in [5, 5.41) is 6.28. The van der Waals surface area contributed by atoms with Crippen molar-refractivity contribution in [3.05, 3.63) is 58.8 Å². The van der Waals surface area contributed by atoms with Crippen LogP contribution in [0.1, 0.15) is 11.4 Å². The number of ether oxygens (including phenoxy) is 1. The molecular weight excluding hydrogens is 256 g/mol. The molecule has 0 aliphatic rings. The number of aromatic nitrogens is 3. The molecule has 0 fully saturated rings. The molecule has 0 bridgehead atoms. The smallest absolute Gasteiger partial charge is 0.340 e. The van der Waals surface area contributed by atoms with Crippen LogP contribution in [0.4, 0.5) is 0 Å². The second-order valence-corrected chi connectivity index (χ2v) is 4.43. The molecule has 0 aliphatic heterocycles. The van der Waals surface area contributed by atoms with Gasteiger partial charge < -0.3 is 4.74 Å². The Morgan fingerprint density at radius 3 is 2.65 bits per heavy atom. The van der Waals surface area contributed by atoms with Crippen LogP contribution < -0.4 is 10.4 Å². The molecule has 2 rings (SSSR count). The maximum absolute atomic E-state index is 11.0. The third kappa shape index (κ3) is 3.83. The molecule has 0 atom stereocenters. The normalized spacial score (nSPS) is 10.7. The van der Waals surface area contributed by atoms with E-state index in [-0.39, 0.29) is 5.69 Å². The van der Waals surface area contributed by atoms with E-state index in [4.69, 9.17) is 4.74 Å². The molecule has 1 heterocycles. The van der Waals surface area contributed by atoms with Gasteiger partial charge in [-0.2, -0.15) is 5.10 Å². The number of H-pyrrole nitrogens is 2. The number of aromatic amines is 2. The molecule has 0 saturated carbocycles. The average molecular weight is 274 g/mol. The molecule has 0 radical (unpaired) electrons. The van der Waals surface area contributed by atoms with Crippen LogP contribution in [0.3, 0.4) is 0 Å². The Balaban J connectivity index is 2.03. The number of methoxy groups -OCH3 is 1. The van der Waals surface area contributed by atoms with E-state index in [0.717, 1.165) is 17.9 Å². The molecule has 0 amide bonds. The topological polar surface area (TPSA) is 74.0 Å². The Hall–Kier alpha value is -2.34. The van der Waals surface area contributed by atoms with Crippen molar-refractivity contribution < 1.29 is 4.74 Å². The summed E-state index contributed by atoms with van der Waals surface area (Å²) >= 11 is 0. The van der Waals surface area contributed by atoms with Crippen molar-refractivity contribution in [1.82, 2.24) is 20.1 Å². The van der Waals surface area contributed by atoms with Gasteiger partial charge in [-0.05, 0) is 17.7 Å². The van der Waals surface area contributed by atoms with E-state index in [2.05, 4.69) is 26.7 Å². The van der Waals surface area contributed by atoms with E-state index < -0.39 is 0 Å². The van der Waals surface area contributed by atoms with Gasteiger partial charge in [-0.1, -0.05) is 18.2 Å². The lowest BCUT2D eigenvalue weighted by molar-refractivity contribution is 0.279. The first-order chi connectivity index (χ1) is 9.71. The van der Waals surface area contributed by atoms with Crippen molar-refractivity contribution in [2.75, 3.05) is 13.7 Å². The van der Waals surface area contributed by atoms with E-state index in [1.54, 1.807) is 7.11 Å². The molecule has 6 heteroatoms. The van der Waals surface area contributed by atoms with Crippen LogP contribution in [-0.2, 0) is 13.1 Å². The maximum Gasteiger partial charge on any atom is 0.340 e. The minimum atomic E-state index is -0.289. The third-order valence-electron chi connectivity index (χ3n) is 2.88. The van der Waals surface area contributed by atoms with Gasteiger partial charge in [0.15, 0.2) is 0 Å². The highest BCUT2D eigenvalue weighted by molar-refractivity contribution is 5.27. The summed E-state index contributed by atoms with van der Waals surface area (Å²) in [7, 11) is 1.65. The number of hydrogen-bond acceptors (Lipinski definition) is 4. The van der Waals surface area contributed by atoms with E-state index in [0.29, 0.717) is 18.9 Å². The van der Waals surface area contributed by atoms with Gasteiger partial charge in [-0.25, -0.2) is 9.89 Å². The second kappa shape index (κ2) is 6.72. The van der Waals surface area contributed by atoms with Crippen LogP contribution in [0.15, 0.2) is 41.7 Å². The summed E-state index contributed by atoms with van der Waals surface area (Å²) in [4.78, 5) is 15.8. The van der Waals surface area contributed by atoms with E-state index in [1.807, 2.05) is 30.3 Å². The monoisotopic (exact) mass is 274 g/mol. The summed E-state index contributed by atoms with van der Waals surface area (Å²) < 4.78 is 5.14. The van der Waals surface area contributed by atoms with Gasteiger partial charge in [-0.3, -0.25) is 9.88 Å². The largest absolute Gasteiger partial charge is 0.497 e. The van der Waals surface area contributed by atoms with Crippen molar-refractivity contribution in [1.29, 1.82) is 0 Å². The first kappa shape index (κ1) is 14.1. The van der Waals surface area contributed by atoms with Crippen LogP contribution in [0, 0.1) is 0 Å². The Labute approximate surface area is 117 Å². The number of hydrogen-bond donors (Lipinski definition) is 2. The van der Waals surface area contributed by atoms with Crippen molar-refractivity contribution in [3.63, 3.8) is 0 Å². The summed E-state index contributed by atoms with van der Waals surface area (Å²) in [6.07, 6.45) is 1.83. The summed E-state index contributed by atoms with van der Waals surface area (Å²) in [5.41, 5.74) is 0.869. The van der Waals surface area contributed by atoms with Crippen LogP contribution >= 0.6 is 0 Å². The predicted octanol–water partition coefficient (Wildman–Crippen LogP) is 1.29. The van der Waals surface area contributed by atoms with Gasteiger partial charge in [-0.15, -0.1) is 6.58 Å². The zero-order valence-electron chi connectivity index (χ0n) is 11.4. The van der Waals surface area contributed by atoms with Crippen LogP contribution in [-0.4, -0.2) is 33.7 Å². The molecular formula is C14H18N4O2. The summed E-state index contributed by atoms with van der Waals surface area (Å²) in [5.74, 6) is 1.45. The van der Waals surface area contributed by atoms with Crippen molar-refractivity contribution in [2.45, 2.75) is 13.1 Å². The van der Waals surface area contributed by atoms with Gasteiger partial charge in [0.2, 0.25) is 0 Å². The van der Waals surface area contributed by atoms with Crippen LogP contribution in [0.5, 0.6) is 5.75 Å². The van der Waals surface area contributed by atoms with E-state index in [9.17, 15) is 4.79 Å². The third-order valence-corrected chi connectivity index (χ3v) is 2.88. The zero-order chi connectivity index (χ0) is 14.4. The Morgan fingerprint density at radius 1 is 1.35 bits per heavy atom. The quantitative estimate of drug-likeness (QED) is 0.746. The number of nitrogens with one attached hydrogen (secondary N) is 2. The Morgan fingerprint density at radius 2 is 2.10 bits per heavy atom. The van der Waals surface area contributed by atoms with E-state index >= 15 is 0 Å². The van der Waals surface area contributed by atoms with Gasteiger partial charge in [0.25, 0.3) is 0 Å². The highest BCUT2D eigenvalue weighted by Crippen LogP contribution is 2.13. The van der Waals surface area contributed by atoms with Crippen molar-refractivity contribution in [2.24, 2.45) is 0 Å². The number of rotatable bonds is 7. The highest BCUT2D eigenvalue weighted by Gasteiger charge is 2.08. The standard InChI is InChI=1S/C14H18N4O2/c1-3-8-18(10-13-15-14(19)17-16-13)9-11-4-6-12(20-2)7-5-11/h3-7H,1,8-10H2,2H3,(H2,15,16,17,19). The molecule has 0 saturated heterocycles. The second-order valence-electron chi connectivity index (χ2n) is 4.43. The number of benzene rings is 1. The predicted molar refractivity (Wildman–Crippen MR) is 76.5 cm³/mol. The zero-order valence-corrected chi connectivity index (χ0v) is 11.4. The molecule has 0 spiro atoms. The molecule has 1 aromatic heterocycles. The molecule has 106 valence electrons. The fraction of sp³-hybridized carbons (Fsp3) is 0.286. The molecule has 6 nitrogen and oxygen atoms in total. The highest BCUT2D eigenvalue weighted by atomic mass is 16.5. The Kier molecular flexibility index (Phi) is 4.73. The molecule has 20 heavy (non-hydrogen) atoms. The van der Waals surface area contributed by atoms with Crippen molar-refractivity contribution in [3.8, 4) is 5.75 Å². The van der Waals surface area contributed by atoms with Crippen LogP contribution in [0.25, 0.3) is 0 Å². The van der Waals surface area contributed by atoms with Gasteiger partial charge in [0.05, 0.1) is 13.7 Å². The fourth-order valence-corrected chi connectivity index (χ4v) is 1.95. The lowest BCUT2D eigenvalue weighted by Gasteiger charge is -2.19. The Bertz CT molecular complexity index is 600. The van der Waals surface area contributed by atoms with Crippen molar-refractivity contribution >= 4 is 0 Å². The summed E-state index contributed by atoms with van der Waals surface area (Å²) in [6.45, 7) is 5.76. The first-order valence-corrected chi connectivity index (χ1v) is 6.31. The average Bonchev–Trinajstić information content (AvgIpc) is 2.85. The molecule has 2 aromatic rings. The lowest BCUT2D eigenvalue weighted by atomic mass is 10.2. The number of nitrogens with zero attached hydrogens (tertiary/aromatic N) is 2. The van der Waals surface area contributed by atoms with Gasteiger partial charge in [0, 0.05) is 13.1 Å². The molecule has 0 unspecified atom stereocenters. The molecule has 2 N–H and O–H groups in total. The lowest BCUT2D eigenvalue weighted by Crippen LogP contribution is -2.23. The minimum Gasteiger partial charge on any atom is -0.497 e. The summed E-state index contributed by atoms with van der Waals surface area (Å²) in [6, 6.07) is 7.89. The molecule has 1 aromatic carbocycles. The SMILES string of the molecule is C=CCN(Cc1ccc(OC)cc1)Cc1n[nH]c(=O)[nH]1. The van der Waals surface area contributed by atoms with Crippen LogP contribution in [0.2, 0.25) is 0 Å². The maximum atomic E-state index is 11.0. The first-order valence-electron chi connectivity index (χ1n) is 6.31. The fourth-order valence-electron chi connectivity index (χ4n) is 1.95.